The summed E-state index contributed by atoms with van der Waals surface area (Å²) in [6.07, 6.45) is 7.19. The first-order valence-corrected chi connectivity index (χ1v) is 8.55. The summed E-state index contributed by atoms with van der Waals surface area (Å²) in [5.74, 6) is 2.06. The van der Waals surface area contributed by atoms with Gasteiger partial charge in [0.1, 0.15) is 0 Å². The van der Waals surface area contributed by atoms with Crippen molar-refractivity contribution in [2.75, 3.05) is 26.6 Å². The predicted molar refractivity (Wildman–Crippen MR) is 107 cm³/mol. The van der Waals surface area contributed by atoms with E-state index in [9.17, 15) is 0 Å². The molecule has 0 saturated carbocycles. The van der Waals surface area contributed by atoms with Gasteiger partial charge < -0.3 is 24.5 Å². The number of hydrogen-bond donors (Lipinski definition) is 2. The van der Waals surface area contributed by atoms with Crippen molar-refractivity contribution >= 4 is 22.5 Å². The van der Waals surface area contributed by atoms with Crippen molar-refractivity contribution in [3.63, 3.8) is 0 Å². The van der Waals surface area contributed by atoms with Gasteiger partial charge in [0.2, 0.25) is 11.7 Å². The molecule has 3 heterocycles. The molecule has 0 unspecified atom stereocenters. The van der Waals surface area contributed by atoms with Crippen LogP contribution in [0, 0.1) is 0 Å². The predicted octanol–water partition coefficient (Wildman–Crippen LogP) is 3.79. The van der Waals surface area contributed by atoms with Crippen molar-refractivity contribution in [1.29, 1.82) is 0 Å². The highest BCUT2D eigenvalue weighted by Gasteiger charge is 2.14. The maximum absolute atomic E-state index is 5.39. The third-order valence-electron chi connectivity index (χ3n) is 4.34. The lowest BCUT2D eigenvalue weighted by molar-refractivity contribution is 0.324. The van der Waals surface area contributed by atoms with E-state index in [0.29, 0.717) is 28.9 Å². The molecule has 0 radical (unpaired) electrons. The minimum absolute atomic E-state index is 0.449. The molecule has 0 spiro atoms. The van der Waals surface area contributed by atoms with Crippen LogP contribution in [0.5, 0.6) is 17.2 Å². The molecule has 0 aliphatic heterocycles. The lowest BCUT2D eigenvalue weighted by atomic mass is 10.1. The van der Waals surface area contributed by atoms with Crippen LogP contribution < -0.4 is 19.5 Å². The minimum Gasteiger partial charge on any atom is -0.493 e. The summed E-state index contributed by atoms with van der Waals surface area (Å²) in [6.45, 7) is 0. The standard InChI is InChI=1S/C20H19N5O3/c1-26-17-8-12(9-18(27-2)19(17)28-3)24-20-22-7-5-16(25-20)14-11-23-15-4-6-21-10-13(14)15/h4-11,23H,1-3H3,(H,22,24,25). The van der Waals surface area contributed by atoms with Gasteiger partial charge >= 0.3 is 0 Å². The maximum Gasteiger partial charge on any atom is 0.227 e. The molecule has 4 rings (SSSR count). The number of pyridine rings is 1. The summed E-state index contributed by atoms with van der Waals surface area (Å²) in [5, 5.41) is 4.19. The van der Waals surface area contributed by atoms with Crippen molar-refractivity contribution in [3.8, 4) is 28.5 Å². The first kappa shape index (κ1) is 17.6. The summed E-state index contributed by atoms with van der Waals surface area (Å²) in [6, 6.07) is 7.38. The van der Waals surface area contributed by atoms with Crippen molar-refractivity contribution < 1.29 is 14.2 Å². The Bertz CT molecular complexity index is 1100. The molecule has 0 bridgehead atoms. The number of rotatable bonds is 6. The number of nitrogens with one attached hydrogen (secondary N) is 2. The van der Waals surface area contributed by atoms with Gasteiger partial charge in [0.15, 0.2) is 11.5 Å². The molecule has 0 atom stereocenters. The van der Waals surface area contributed by atoms with Gasteiger partial charge in [0.05, 0.1) is 27.0 Å². The molecule has 142 valence electrons. The first-order chi connectivity index (χ1) is 13.7. The number of hydrogen-bond acceptors (Lipinski definition) is 7. The Labute approximate surface area is 161 Å². The number of H-pyrrole nitrogens is 1. The number of aromatic nitrogens is 4. The summed E-state index contributed by atoms with van der Waals surface area (Å²) < 4.78 is 16.1. The van der Waals surface area contributed by atoms with Gasteiger partial charge in [-0.2, -0.15) is 0 Å². The maximum atomic E-state index is 5.39. The molecule has 4 aromatic rings. The monoisotopic (exact) mass is 377 g/mol. The molecule has 0 fully saturated rings. The summed E-state index contributed by atoms with van der Waals surface area (Å²) >= 11 is 0. The first-order valence-electron chi connectivity index (χ1n) is 8.55. The Hall–Kier alpha value is -3.81. The van der Waals surface area contributed by atoms with Gasteiger partial charge in [0.25, 0.3) is 0 Å². The van der Waals surface area contributed by atoms with Crippen molar-refractivity contribution in [2.24, 2.45) is 0 Å². The van der Waals surface area contributed by atoms with Crippen LogP contribution in [0.25, 0.3) is 22.2 Å². The number of ether oxygens (including phenoxy) is 3. The van der Waals surface area contributed by atoms with E-state index in [2.05, 4.69) is 25.3 Å². The average molecular weight is 377 g/mol. The molecule has 1 aromatic carbocycles. The van der Waals surface area contributed by atoms with E-state index in [4.69, 9.17) is 14.2 Å². The normalized spacial score (nSPS) is 10.7. The van der Waals surface area contributed by atoms with Crippen LogP contribution in [-0.4, -0.2) is 41.3 Å². The van der Waals surface area contributed by atoms with Gasteiger partial charge in [-0.05, 0) is 12.1 Å². The van der Waals surface area contributed by atoms with Gasteiger partial charge in [-0.25, -0.2) is 9.97 Å². The topological polar surface area (TPSA) is 94.2 Å². The van der Waals surface area contributed by atoms with E-state index in [1.165, 1.54) is 0 Å². The van der Waals surface area contributed by atoms with Crippen LogP contribution >= 0.6 is 0 Å². The number of nitrogens with zero attached hydrogens (tertiary/aromatic N) is 3. The summed E-state index contributed by atoms with van der Waals surface area (Å²) in [5.41, 5.74) is 3.46. The molecule has 0 aliphatic carbocycles. The van der Waals surface area contributed by atoms with E-state index in [-0.39, 0.29) is 0 Å². The Balaban J connectivity index is 1.69. The van der Waals surface area contributed by atoms with Crippen molar-refractivity contribution in [1.82, 2.24) is 19.9 Å². The van der Waals surface area contributed by atoms with Crippen LogP contribution in [0.3, 0.4) is 0 Å². The Morgan fingerprint density at radius 3 is 2.46 bits per heavy atom. The van der Waals surface area contributed by atoms with E-state index >= 15 is 0 Å². The zero-order chi connectivity index (χ0) is 19.5. The molecule has 0 aliphatic rings. The number of aromatic amines is 1. The second-order valence-electron chi connectivity index (χ2n) is 5.93. The smallest absolute Gasteiger partial charge is 0.227 e. The van der Waals surface area contributed by atoms with Crippen molar-refractivity contribution in [2.45, 2.75) is 0 Å². The fourth-order valence-electron chi connectivity index (χ4n) is 3.03. The fourth-order valence-corrected chi connectivity index (χ4v) is 3.03. The molecule has 3 aromatic heterocycles. The van der Waals surface area contributed by atoms with Gasteiger partial charge in [0, 0.05) is 59.1 Å². The summed E-state index contributed by atoms with van der Waals surface area (Å²) in [7, 11) is 4.71. The van der Waals surface area contributed by atoms with E-state index in [1.807, 2.05) is 24.5 Å². The number of benzene rings is 1. The number of fused-ring (bicyclic) bond motifs is 1. The quantitative estimate of drug-likeness (QED) is 0.528. The van der Waals surface area contributed by atoms with Crippen LogP contribution in [0.1, 0.15) is 0 Å². The van der Waals surface area contributed by atoms with Gasteiger partial charge in [-0.15, -0.1) is 0 Å². The highest BCUT2D eigenvalue weighted by atomic mass is 16.5. The molecule has 8 nitrogen and oxygen atoms in total. The largest absolute Gasteiger partial charge is 0.493 e. The Morgan fingerprint density at radius 2 is 1.75 bits per heavy atom. The fraction of sp³-hybridized carbons (Fsp3) is 0.150. The van der Waals surface area contributed by atoms with Gasteiger partial charge in [-0.3, -0.25) is 4.98 Å². The highest BCUT2D eigenvalue weighted by Crippen LogP contribution is 2.40. The summed E-state index contributed by atoms with van der Waals surface area (Å²) in [4.78, 5) is 16.4. The third kappa shape index (κ3) is 3.16. The van der Waals surface area contributed by atoms with Crippen molar-refractivity contribution in [3.05, 3.63) is 49.1 Å². The lowest BCUT2D eigenvalue weighted by Gasteiger charge is -2.14. The Kier molecular flexibility index (Phi) is 4.67. The second kappa shape index (κ2) is 7.43. The number of methoxy groups -OCH3 is 3. The van der Waals surface area contributed by atoms with Crippen LogP contribution in [0.15, 0.2) is 49.1 Å². The molecular formula is C20H19N5O3. The van der Waals surface area contributed by atoms with E-state index < -0.39 is 0 Å². The Morgan fingerprint density at radius 1 is 0.964 bits per heavy atom. The molecular weight excluding hydrogens is 358 g/mol. The van der Waals surface area contributed by atoms with Crippen LogP contribution in [0.2, 0.25) is 0 Å². The third-order valence-corrected chi connectivity index (χ3v) is 4.34. The zero-order valence-electron chi connectivity index (χ0n) is 15.7. The SMILES string of the molecule is COc1cc(Nc2nccc(-c3c[nH]c4ccncc34)n2)cc(OC)c1OC. The molecule has 2 N–H and O–H groups in total. The molecule has 0 amide bonds. The van der Waals surface area contributed by atoms with E-state index in [0.717, 1.165) is 22.2 Å². The highest BCUT2D eigenvalue weighted by molar-refractivity contribution is 5.93. The van der Waals surface area contributed by atoms with E-state index in [1.54, 1.807) is 45.9 Å². The molecule has 8 heteroatoms. The second-order valence-corrected chi connectivity index (χ2v) is 5.93. The van der Waals surface area contributed by atoms with Crippen LogP contribution in [-0.2, 0) is 0 Å². The van der Waals surface area contributed by atoms with Crippen LogP contribution in [0.4, 0.5) is 11.6 Å². The number of anilines is 2. The minimum atomic E-state index is 0.449. The molecule has 28 heavy (non-hydrogen) atoms. The lowest BCUT2D eigenvalue weighted by Crippen LogP contribution is -2.00. The average Bonchev–Trinajstić information content (AvgIpc) is 3.17. The van der Waals surface area contributed by atoms with Gasteiger partial charge in [-0.1, -0.05) is 0 Å². The zero-order valence-corrected chi connectivity index (χ0v) is 15.7. The molecule has 0 saturated heterocycles.